The predicted molar refractivity (Wildman–Crippen MR) is 87.5 cm³/mol. The molecule has 0 bridgehead atoms. The topological polar surface area (TPSA) is 44.3 Å². The summed E-state index contributed by atoms with van der Waals surface area (Å²) in [5.41, 5.74) is 1.15. The first-order valence-electron chi connectivity index (χ1n) is 7.99. The number of nitrogens with one attached hydrogen (secondary N) is 1. The zero-order valence-corrected chi connectivity index (χ0v) is 13.8. The highest BCUT2D eigenvalue weighted by Crippen LogP contribution is 2.18. The van der Waals surface area contributed by atoms with Crippen LogP contribution < -0.4 is 10.2 Å². The molecule has 2 rings (SSSR count). The van der Waals surface area contributed by atoms with Gasteiger partial charge in [-0.25, -0.2) is 9.97 Å². The number of hydrogen-bond acceptors (Lipinski definition) is 5. The van der Waals surface area contributed by atoms with E-state index in [2.05, 4.69) is 53.0 Å². The maximum Gasteiger partial charge on any atom is 0.225 e. The number of likely N-dealkylation sites (N-methyl/N-ethyl adjacent to an activating group) is 1. The van der Waals surface area contributed by atoms with Crippen molar-refractivity contribution in [1.82, 2.24) is 20.2 Å². The first kappa shape index (κ1) is 16.2. The van der Waals surface area contributed by atoms with Gasteiger partial charge in [-0.15, -0.1) is 0 Å². The molecular formula is C16H29N5. The number of hydrogen-bond donors (Lipinski definition) is 1. The molecule has 0 radical (unpaired) electrons. The molecule has 0 amide bonds. The van der Waals surface area contributed by atoms with Crippen molar-refractivity contribution in [3.63, 3.8) is 0 Å². The van der Waals surface area contributed by atoms with Crippen LogP contribution in [0.25, 0.3) is 0 Å². The average Bonchev–Trinajstić information content (AvgIpc) is 2.48. The van der Waals surface area contributed by atoms with E-state index in [0.29, 0.717) is 12.0 Å². The van der Waals surface area contributed by atoms with Crippen molar-refractivity contribution in [2.24, 2.45) is 5.92 Å². The van der Waals surface area contributed by atoms with Crippen molar-refractivity contribution in [3.05, 3.63) is 18.0 Å². The fraction of sp³-hybridized carbons (Fsp3) is 0.750. The van der Waals surface area contributed by atoms with Gasteiger partial charge in [0.2, 0.25) is 5.95 Å². The summed E-state index contributed by atoms with van der Waals surface area (Å²) < 4.78 is 0. The summed E-state index contributed by atoms with van der Waals surface area (Å²) in [7, 11) is 4.30. The van der Waals surface area contributed by atoms with E-state index >= 15 is 0 Å². The zero-order chi connectivity index (χ0) is 15.2. The van der Waals surface area contributed by atoms with Gasteiger partial charge in [-0.1, -0.05) is 13.8 Å². The predicted octanol–water partition coefficient (Wildman–Crippen LogP) is 1.75. The molecule has 1 N–H and O–H groups in total. The fourth-order valence-corrected chi connectivity index (χ4v) is 2.67. The molecule has 0 aliphatic carbocycles. The maximum absolute atomic E-state index is 4.55. The van der Waals surface area contributed by atoms with Gasteiger partial charge in [-0.3, -0.25) is 0 Å². The Kier molecular flexibility index (Phi) is 5.94. The zero-order valence-electron chi connectivity index (χ0n) is 13.8. The smallest absolute Gasteiger partial charge is 0.225 e. The Bertz CT molecular complexity index is 415. The SMILES string of the molecule is CC(C)CNCc1cnc(N2CCCC(N(C)C)C2)nc1. The summed E-state index contributed by atoms with van der Waals surface area (Å²) in [6.07, 6.45) is 6.38. The Morgan fingerprint density at radius 2 is 2.05 bits per heavy atom. The molecule has 1 atom stereocenters. The minimum atomic E-state index is 0.606. The third-order valence-electron chi connectivity index (χ3n) is 3.98. The van der Waals surface area contributed by atoms with Crippen LogP contribution in [-0.2, 0) is 6.54 Å². The van der Waals surface area contributed by atoms with Crippen LogP contribution in [0.15, 0.2) is 12.4 Å². The summed E-state index contributed by atoms with van der Waals surface area (Å²) in [6.45, 7) is 8.39. The second-order valence-corrected chi connectivity index (χ2v) is 6.62. The maximum atomic E-state index is 4.55. The minimum absolute atomic E-state index is 0.606. The van der Waals surface area contributed by atoms with Gasteiger partial charge in [0.05, 0.1) is 0 Å². The number of nitrogens with zero attached hydrogens (tertiary/aromatic N) is 4. The molecule has 21 heavy (non-hydrogen) atoms. The number of anilines is 1. The molecule has 1 aliphatic heterocycles. The molecule has 0 spiro atoms. The van der Waals surface area contributed by atoms with E-state index in [1.165, 1.54) is 12.8 Å². The van der Waals surface area contributed by atoms with Gasteiger partial charge in [0.25, 0.3) is 0 Å². The van der Waals surface area contributed by atoms with Gasteiger partial charge in [0.15, 0.2) is 0 Å². The summed E-state index contributed by atoms with van der Waals surface area (Å²) >= 11 is 0. The Balaban J connectivity index is 1.89. The largest absolute Gasteiger partial charge is 0.339 e. The molecule has 0 aromatic carbocycles. The normalized spacial score (nSPS) is 19.5. The van der Waals surface area contributed by atoms with Crippen molar-refractivity contribution in [2.45, 2.75) is 39.3 Å². The molecule has 1 saturated heterocycles. The third-order valence-corrected chi connectivity index (χ3v) is 3.98. The van der Waals surface area contributed by atoms with Crippen molar-refractivity contribution in [1.29, 1.82) is 0 Å². The first-order valence-corrected chi connectivity index (χ1v) is 7.99. The van der Waals surface area contributed by atoms with E-state index in [4.69, 9.17) is 0 Å². The molecule has 1 unspecified atom stereocenters. The molecular weight excluding hydrogens is 262 g/mol. The van der Waals surface area contributed by atoms with Gasteiger partial charge >= 0.3 is 0 Å². The van der Waals surface area contributed by atoms with Crippen molar-refractivity contribution < 1.29 is 0 Å². The van der Waals surface area contributed by atoms with E-state index in [-0.39, 0.29) is 0 Å². The van der Waals surface area contributed by atoms with Crippen LogP contribution in [0.5, 0.6) is 0 Å². The summed E-state index contributed by atoms with van der Waals surface area (Å²) in [6, 6.07) is 0.606. The van der Waals surface area contributed by atoms with Crippen LogP contribution in [-0.4, -0.2) is 54.6 Å². The van der Waals surface area contributed by atoms with E-state index in [0.717, 1.165) is 37.7 Å². The molecule has 5 nitrogen and oxygen atoms in total. The first-order chi connectivity index (χ1) is 10.1. The summed E-state index contributed by atoms with van der Waals surface area (Å²) in [4.78, 5) is 13.7. The van der Waals surface area contributed by atoms with Crippen LogP contribution in [0.3, 0.4) is 0 Å². The molecule has 2 heterocycles. The van der Waals surface area contributed by atoms with Crippen molar-refractivity contribution >= 4 is 5.95 Å². The quantitative estimate of drug-likeness (QED) is 0.865. The highest BCUT2D eigenvalue weighted by atomic mass is 15.3. The Morgan fingerprint density at radius 1 is 1.33 bits per heavy atom. The standard InChI is InChI=1S/C16H29N5/c1-13(2)8-17-9-14-10-18-16(19-11-14)21-7-5-6-15(12-21)20(3)4/h10-11,13,15,17H,5-9,12H2,1-4H3. The second-order valence-electron chi connectivity index (χ2n) is 6.62. The van der Waals surface area contributed by atoms with Crippen LogP contribution >= 0.6 is 0 Å². The molecule has 1 aromatic rings. The Hall–Kier alpha value is -1.20. The van der Waals surface area contributed by atoms with Gasteiger partial charge in [0, 0.05) is 43.6 Å². The van der Waals surface area contributed by atoms with E-state index < -0.39 is 0 Å². The van der Waals surface area contributed by atoms with Crippen LogP contribution in [0, 0.1) is 5.92 Å². The van der Waals surface area contributed by atoms with Crippen molar-refractivity contribution in [2.75, 3.05) is 38.6 Å². The number of aromatic nitrogens is 2. The fourth-order valence-electron chi connectivity index (χ4n) is 2.67. The van der Waals surface area contributed by atoms with Crippen LogP contribution in [0.1, 0.15) is 32.3 Å². The van der Waals surface area contributed by atoms with Crippen LogP contribution in [0.2, 0.25) is 0 Å². The second kappa shape index (κ2) is 7.71. The van der Waals surface area contributed by atoms with E-state index in [1.807, 2.05) is 12.4 Å². The van der Waals surface area contributed by atoms with Gasteiger partial charge in [-0.05, 0) is 39.4 Å². The average molecular weight is 291 g/mol. The molecule has 1 aliphatic rings. The summed E-state index contributed by atoms with van der Waals surface area (Å²) in [5, 5.41) is 3.42. The van der Waals surface area contributed by atoms with E-state index in [9.17, 15) is 0 Å². The Labute approximate surface area is 128 Å². The monoisotopic (exact) mass is 291 g/mol. The van der Waals surface area contributed by atoms with Crippen molar-refractivity contribution in [3.8, 4) is 0 Å². The van der Waals surface area contributed by atoms with Gasteiger partial charge < -0.3 is 15.1 Å². The lowest BCUT2D eigenvalue weighted by Crippen LogP contribution is -2.45. The van der Waals surface area contributed by atoms with Crippen LogP contribution in [0.4, 0.5) is 5.95 Å². The lowest BCUT2D eigenvalue weighted by molar-refractivity contribution is 0.257. The molecule has 1 fully saturated rings. The summed E-state index contributed by atoms with van der Waals surface area (Å²) in [5.74, 6) is 1.54. The van der Waals surface area contributed by atoms with Gasteiger partial charge in [-0.2, -0.15) is 0 Å². The third kappa shape index (κ3) is 4.93. The van der Waals surface area contributed by atoms with Gasteiger partial charge in [0.1, 0.15) is 0 Å². The lowest BCUT2D eigenvalue weighted by atomic mass is 10.1. The molecule has 0 saturated carbocycles. The molecule has 1 aromatic heterocycles. The molecule has 5 heteroatoms. The Morgan fingerprint density at radius 3 is 2.67 bits per heavy atom. The van der Waals surface area contributed by atoms with E-state index in [1.54, 1.807) is 0 Å². The number of rotatable bonds is 6. The highest BCUT2D eigenvalue weighted by Gasteiger charge is 2.22. The minimum Gasteiger partial charge on any atom is -0.339 e. The number of piperidine rings is 1. The highest BCUT2D eigenvalue weighted by molar-refractivity contribution is 5.31. The lowest BCUT2D eigenvalue weighted by Gasteiger charge is -2.36. The molecule has 118 valence electrons.